The van der Waals surface area contributed by atoms with E-state index in [1.54, 1.807) is 10.9 Å². The molecule has 0 bridgehead atoms. The Kier molecular flexibility index (Phi) is 4.80. The number of hydrogen-bond donors (Lipinski definition) is 0. The third kappa shape index (κ3) is 3.94. The molecule has 3 rings (SSSR count). The normalized spacial score (nSPS) is 12.1. The average molecular weight is 374 g/mol. The van der Waals surface area contributed by atoms with E-state index in [9.17, 15) is 5.26 Å². The lowest BCUT2D eigenvalue weighted by Gasteiger charge is -2.22. The molecule has 0 aliphatic heterocycles. The van der Waals surface area contributed by atoms with E-state index in [2.05, 4.69) is 52.7 Å². The Labute approximate surface area is 166 Å². The summed E-state index contributed by atoms with van der Waals surface area (Å²) in [7, 11) is 0. The minimum atomic E-state index is -0.216. The summed E-state index contributed by atoms with van der Waals surface area (Å²) in [6, 6.07) is 9.77. The maximum atomic E-state index is 9.54. The molecule has 6 heteroatoms. The van der Waals surface area contributed by atoms with E-state index in [4.69, 9.17) is 15.0 Å². The van der Waals surface area contributed by atoms with Crippen molar-refractivity contribution in [2.45, 2.75) is 59.3 Å². The fraction of sp³-hybridized carbons (Fsp3) is 0.409. The first-order valence-electron chi connectivity index (χ1n) is 9.32. The van der Waals surface area contributed by atoms with Crippen LogP contribution in [0.4, 0.5) is 0 Å². The maximum absolute atomic E-state index is 9.54. The summed E-state index contributed by atoms with van der Waals surface area (Å²) in [5.41, 5.74) is 2.69. The van der Waals surface area contributed by atoms with Crippen LogP contribution in [0.5, 0.6) is 0 Å². The van der Waals surface area contributed by atoms with Gasteiger partial charge in [0.15, 0.2) is 5.82 Å². The molecule has 0 spiro atoms. The van der Waals surface area contributed by atoms with E-state index in [0.717, 1.165) is 28.6 Å². The van der Waals surface area contributed by atoms with Gasteiger partial charge in [-0.15, -0.1) is 0 Å². The number of nitrogens with zero attached hydrogens (tertiary/aromatic N) is 6. The highest BCUT2D eigenvalue weighted by molar-refractivity contribution is 5.63. The lowest BCUT2D eigenvalue weighted by atomic mass is 9.93. The van der Waals surface area contributed by atoms with Crippen molar-refractivity contribution < 1.29 is 0 Å². The summed E-state index contributed by atoms with van der Waals surface area (Å²) < 4.78 is 1.81. The van der Waals surface area contributed by atoms with Gasteiger partial charge < -0.3 is 0 Å². The molecule has 0 aliphatic carbocycles. The number of hydrogen-bond acceptors (Lipinski definition) is 5. The lowest BCUT2D eigenvalue weighted by Crippen LogP contribution is -2.24. The van der Waals surface area contributed by atoms with Gasteiger partial charge in [-0.3, -0.25) is 0 Å². The Morgan fingerprint density at radius 1 is 0.893 bits per heavy atom. The lowest BCUT2D eigenvalue weighted by molar-refractivity contribution is 0.497. The zero-order valence-electron chi connectivity index (χ0n) is 17.6. The van der Waals surface area contributed by atoms with E-state index < -0.39 is 0 Å². The number of nitriles is 1. The van der Waals surface area contributed by atoms with Crippen LogP contribution in [0.3, 0.4) is 0 Å². The molecule has 0 N–H and O–H groups in total. The van der Waals surface area contributed by atoms with Crippen molar-refractivity contribution in [2.75, 3.05) is 0 Å². The van der Waals surface area contributed by atoms with Crippen molar-refractivity contribution in [1.82, 2.24) is 24.7 Å². The highest BCUT2D eigenvalue weighted by Gasteiger charge is 2.25. The second kappa shape index (κ2) is 6.83. The molecule has 0 saturated heterocycles. The van der Waals surface area contributed by atoms with Crippen LogP contribution >= 0.6 is 0 Å². The number of benzene rings is 1. The van der Waals surface area contributed by atoms with Gasteiger partial charge in [0, 0.05) is 28.3 Å². The van der Waals surface area contributed by atoms with Gasteiger partial charge in [-0.25, -0.2) is 19.6 Å². The standard InChI is InChI=1S/C22H26N6/c1-14-8-9-24-28(14)17-11-15(13-23)10-16(12-17)18-25-19(21(2,3)4)27-20(26-18)22(5,6)7/h8-12H,1-7H3. The minimum Gasteiger partial charge on any atom is -0.238 e. The van der Waals surface area contributed by atoms with E-state index in [-0.39, 0.29) is 10.8 Å². The monoisotopic (exact) mass is 374 g/mol. The fourth-order valence-electron chi connectivity index (χ4n) is 2.74. The van der Waals surface area contributed by atoms with Crippen molar-refractivity contribution in [2.24, 2.45) is 0 Å². The van der Waals surface area contributed by atoms with Crippen LogP contribution in [0, 0.1) is 18.3 Å². The van der Waals surface area contributed by atoms with E-state index in [1.165, 1.54) is 0 Å². The van der Waals surface area contributed by atoms with Crippen molar-refractivity contribution in [3.05, 3.63) is 53.4 Å². The maximum Gasteiger partial charge on any atom is 0.163 e. The molecule has 6 nitrogen and oxygen atoms in total. The molecule has 2 heterocycles. The van der Waals surface area contributed by atoms with Crippen LogP contribution in [0.1, 0.15) is 64.4 Å². The molecule has 0 fully saturated rings. The topological polar surface area (TPSA) is 80.3 Å². The molecule has 0 radical (unpaired) electrons. The van der Waals surface area contributed by atoms with Crippen LogP contribution in [-0.2, 0) is 10.8 Å². The molecule has 0 atom stereocenters. The first-order valence-corrected chi connectivity index (χ1v) is 9.32. The van der Waals surface area contributed by atoms with Gasteiger partial charge in [0.1, 0.15) is 11.6 Å². The summed E-state index contributed by atoms with van der Waals surface area (Å²) in [6.07, 6.45) is 1.74. The van der Waals surface area contributed by atoms with E-state index >= 15 is 0 Å². The SMILES string of the molecule is Cc1ccnn1-c1cc(C#N)cc(-c2nc(C(C)(C)C)nc(C(C)(C)C)n2)c1. The van der Waals surface area contributed by atoms with Gasteiger partial charge in [-0.1, -0.05) is 41.5 Å². The summed E-state index contributed by atoms with van der Waals surface area (Å²) >= 11 is 0. The van der Waals surface area contributed by atoms with Gasteiger partial charge in [-0.05, 0) is 31.2 Å². The predicted molar refractivity (Wildman–Crippen MR) is 109 cm³/mol. The molecule has 144 valence electrons. The summed E-state index contributed by atoms with van der Waals surface area (Å²) in [5.74, 6) is 2.05. The summed E-state index contributed by atoms with van der Waals surface area (Å²) in [4.78, 5) is 14.2. The molecule has 1 aromatic carbocycles. The first kappa shape index (κ1) is 19.7. The van der Waals surface area contributed by atoms with Gasteiger partial charge in [0.2, 0.25) is 0 Å². The third-order valence-corrected chi connectivity index (χ3v) is 4.36. The van der Waals surface area contributed by atoms with E-state index in [0.29, 0.717) is 11.4 Å². The minimum absolute atomic E-state index is 0.216. The van der Waals surface area contributed by atoms with E-state index in [1.807, 2.05) is 31.2 Å². The second-order valence-corrected chi connectivity index (χ2v) is 9.07. The predicted octanol–water partition coefficient (Wildman–Crippen LogP) is 4.50. The Morgan fingerprint density at radius 3 is 1.96 bits per heavy atom. The Morgan fingerprint density at radius 2 is 1.50 bits per heavy atom. The van der Waals surface area contributed by atoms with Crippen LogP contribution in [-0.4, -0.2) is 24.7 Å². The van der Waals surface area contributed by atoms with Gasteiger partial charge in [0.05, 0.1) is 17.3 Å². The summed E-state index contributed by atoms with van der Waals surface area (Å²) in [6.45, 7) is 14.5. The average Bonchev–Trinajstić information content (AvgIpc) is 3.05. The quantitative estimate of drug-likeness (QED) is 0.660. The molecule has 0 unspecified atom stereocenters. The number of rotatable bonds is 2. The van der Waals surface area contributed by atoms with Crippen LogP contribution < -0.4 is 0 Å². The number of aromatic nitrogens is 5. The number of aryl methyl sites for hydroxylation is 1. The van der Waals surface area contributed by atoms with Crippen molar-refractivity contribution in [3.8, 4) is 23.1 Å². The van der Waals surface area contributed by atoms with Crippen LogP contribution in [0.25, 0.3) is 17.1 Å². The van der Waals surface area contributed by atoms with Crippen LogP contribution in [0.15, 0.2) is 30.5 Å². The van der Waals surface area contributed by atoms with Gasteiger partial charge in [0.25, 0.3) is 0 Å². The molecule has 2 aromatic heterocycles. The van der Waals surface area contributed by atoms with Gasteiger partial charge >= 0.3 is 0 Å². The van der Waals surface area contributed by atoms with Gasteiger partial charge in [-0.2, -0.15) is 10.4 Å². The van der Waals surface area contributed by atoms with Crippen molar-refractivity contribution in [3.63, 3.8) is 0 Å². The largest absolute Gasteiger partial charge is 0.238 e. The molecular weight excluding hydrogens is 348 g/mol. The smallest absolute Gasteiger partial charge is 0.163 e. The molecule has 0 amide bonds. The van der Waals surface area contributed by atoms with Crippen molar-refractivity contribution >= 4 is 0 Å². The first-order chi connectivity index (χ1) is 13.0. The third-order valence-electron chi connectivity index (χ3n) is 4.36. The molecule has 3 aromatic rings. The fourth-order valence-corrected chi connectivity index (χ4v) is 2.74. The molecule has 0 aliphatic rings. The second-order valence-electron chi connectivity index (χ2n) is 9.07. The zero-order chi connectivity index (χ0) is 20.7. The summed E-state index contributed by atoms with van der Waals surface area (Å²) in [5, 5.41) is 13.9. The van der Waals surface area contributed by atoms with Crippen LogP contribution in [0.2, 0.25) is 0 Å². The molecule has 0 saturated carbocycles. The Bertz CT molecular complexity index is 1030. The highest BCUT2D eigenvalue weighted by Crippen LogP contribution is 2.28. The Hall–Kier alpha value is -3.07. The Balaban J connectivity index is 2.26. The zero-order valence-corrected chi connectivity index (χ0v) is 17.6. The highest BCUT2D eigenvalue weighted by atomic mass is 15.3. The molecule has 28 heavy (non-hydrogen) atoms. The van der Waals surface area contributed by atoms with Crippen molar-refractivity contribution in [1.29, 1.82) is 5.26 Å². The molecular formula is C22H26N6.